The fourth-order valence-corrected chi connectivity index (χ4v) is 2.05. The number of hydrogen-bond acceptors (Lipinski definition) is 1. The van der Waals surface area contributed by atoms with E-state index in [1.165, 1.54) is 6.08 Å². The van der Waals surface area contributed by atoms with E-state index in [1.807, 2.05) is 0 Å². The maximum atomic E-state index is 12.3. The average Bonchev–Trinajstić information content (AvgIpc) is 2.17. The summed E-state index contributed by atoms with van der Waals surface area (Å²) in [4.78, 5) is 11.4. The van der Waals surface area contributed by atoms with Gasteiger partial charge in [-0.25, -0.2) is 0 Å². The highest BCUT2D eigenvalue weighted by Crippen LogP contribution is 2.39. The molecule has 0 bridgehead atoms. The van der Waals surface area contributed by atoms with E-state index in [1.54, 1.807) is 0 Å². The highest BCUT2D eigenvalue weighted by Gasteiger charge is 2.42. The number of carbonyl (C=O) groups excluding carboxylic acids is 1. The zero-order chi connectivity index (χ0) is 11.5. The fraction of sp³-hybridized carbons (Fsp3) is 0.727. The summed E-state index contributed by atoms with van der Waals surface area (Å²) < 4.78 is 36.9. The number of allylic oxidation sites excluding steroid dienone is 1. The molecule has 1 fully saturated rings. The molecule has 0 amide bonds. The Morgan fingerprint density at radius 1 is 1.27 bits per heavy atom. The van der Waals surface area contributed by atoms with Crippen LogP contribution in [0.15, 0.2) is 12.7 Å². The lowest BCUT2D eigenvalue weighted by Gasteiger charge is -2.28. The molecular weight excluding hydrogens is 205 g/mol. The van der Waals surface area contributed by atoms with Gasteiger partial charge in [-0.2, -0.15) is 13.2 Å². The molecule has 1 saturated carbocycles. The van der Waals surface area contributed by atoms with Gasteiger partial charge in [0.15, 0.2) is 0 Å². The molecule has 0 aromatic rings. The molecule has 0 N–H and O–H groups in total. The molecule has 0 heterocycles. The zero-order valence-corrected chi connectivity index (χ0v) is 8.52. The van der Waals surface area contributed by atoms with Gasteiger partial charge in [-0.15, -0.1) is 6.58 Å². The van der Waals surface area contributed by atoms with E-state index in [0.717, 1.165) is 0 Å². The van der Waals surface area contributed by atoms with Crippen LogP contribution in [0.4, 0.5) is 13.2 Å². The molecule has 1 rings (SSSR count). The van der Waals surface area contributed by atoms with Crippen molar-refractivity contribution in [3.8, 4) is 0 Å². The first-order valence-corrected chi connectivity index (χ1v) is 5.15. The van der Waals surface area contributed by atoms with Crippen LogP contribution in [0.3, 0.4) is 0 Å². The molecule has 15 heavy (non-hydrogen) atoms. The average molecular weight is 220 g/mol. The predicted octanol–water partition coefficient (Wildman–Crippen LogP) is 3.50. The van der Waals surface area contributed by atoms with Crippen molar-refractivity contribution in [3.05, 3.63) is 12.7 Å². The lowest BCUT2D eigenvalue weighted by molar-refractivity contribution is -0.184. The second kappa shape index (κ2) is 4.81. The van der Waals surface area contributed by atoms with Gasteiger partial charge in [0, 0.05) is 12.3 Å². The summed E-state index contributed by atoms with van der Waals surface area (Å²) in [6.45, 7) is 3.45. The van der Waals surface area contributed by atoms with Crippen molar-refractivity contribution in [1.82, 2.24) is 0 Å². The van der Waals surface area contributed by atoms with Gasteiger partial charge >= 0.3 is 6.18 Å². The third-order valence-electron chi connectivity index (χ3n) is 2.99. The Bertz CT molecular complexity index is 237. The van der Waals surface area contributed by atoms with Crippen LogP contribution in [0.1, 0.15) is 32.1 Å². The SMILES string of the molecule is C=CCC(=O)C1CCC(C(F)(F)F)CC1. The van der Waals surface area contributed by atoms with E-state index in [0.29, 0.717) is 12.8 Å². The molecule has 1 aliphatic carbocycles. The Labute approximate surface area is 87.4 Å². The number of alkyl halides is 3. The molecule has 1 aliphatic rings. The van der Waals surface area contributed by atoms with Crippen LogP contribution in [0.5, 0.6) is 0 Å². The molecule has 0 atom stereocenters. The van der Waals surface area contributed by atoms with Crippen molar-refractivity contribution in [2.45, 2.75) is 38.3 Å². The maximum Gasteiger partial charge on any atom is 0.391 e. The molecule has 0 spiro atoms. The van der Waals surface area contributed by atoms with E-state index < -0.39 is 12.1 Å². The lowest BCUT2D eigenvalue weighted by Crippen LogP contribution is -2.30. The molecule has 1 nitrogen and oxygen atoms in total. The normalized spacial score (nSPS) is 27.4. The van der Waals surface area contributed by atoms with Gasteiger partial charge in [0.05, 0.1) is 5.92 Å². The van der Waals surface area contributed by atoms with Crippen molar-refractivity contribution in [2.75, 3.05) is 0 Å². The van der Waals surface area contributed by atoms with E-state index in [2.05, 4.69) is 6.58 Å². The Kier molecular flexibility index (Phi) is 3.94. The lowest BCUT2D eigenvalue weighted by atomic mass is 9.79. The molecule has 4 heteroatoms. The minimum atomic E-state index is -4.09. The van der Waals surface area contributed by atoms with Crippen LogP contribution >= 0.6 is 0 Å². The van der Waals surface area contributed by atoms with Gasteiger partial charge in [-0.1, -0.05) is 6.08 Å². The van der Waals surface area contributed by atoms with Gasteiger partial charge in [-0.3, -0.25) is 4.79 Å². The Balaban J connectivity index is 2.42. The molecular formula is C11H15F3O. The van der Waals surface area contributed by atoms with Crippen LogP contribution in [0, 0.1) is 11.8 Å². The van der Waals surface area contributed by atoms with E-state index in [9.17, 15) is 18.0 Å². The van der Waals surface area contributed by atoms with E-state index >= 15 is 0 Å². The number of rotatable bonds is 3. The van der Waals surface area contributed by atoms with Gasteiger partial charge in [-0.05, 0) is 25.7 Å². The number of ketones is 1. The number of carbonyl (C=O) groups is 1. The van der Waals surface area contributed by atoms with Gasteiger partial charge in [0.2, 0.25) is 0 Å². The highest BCUT2D eigenvalue weighted by atomic mass is 19.4. The smallest absolute Gasteiger partial charge is 0.299 e. The molecule has 0 radical (unpaired) electrons. The van der Waals surface area contributed by atoms with Gasteiger partial charge < -0.3 is 0 Å². The summed E-state index contributed by atoms with van der Waals surface area (Å²) in [6, 6.07) is 0. The van der Waals surface area contributed by atoms with Crippen molar-refractivity contribution >= 4 is 5.78 Å². The summed E-state index contributed by atoms with van der Waals surface area (Å²) >= 11 is 0. The third kappa shape index (κ3) is 3.36. The van der Waals surface area contributed by atoms with Crippen LogP contribution in [0.2, 0.25) is 0 Å². The van der Waals surface area contributed by atoms with Crippen LogP contribution < -0.4 is 0 Å². The number of Topliss-reactive ketones (excluding diaryl/α,β-unsaturated/α-hetero) is 1. The first kappa shape index (κ1) is 12.3. The van der Waals surface area contributed by atoms with Crippen molar-refractivity contribution in [3.63, 3.8) is 0 Å². The minimum Gasteiger partial charge on any atom is -0.299 e. The Morgan fingerprint density at radius 2 is 1.80 bits per heavy atom. The number of hydrogen-bond donors (Lipinski definition) is 0. The molecule has 0 saturated heterocycles. The topological polar surface area (TPSA) is 17.1 Å². The minimum absolute atomic E-state index is 0.0330. The molecule has 0 aromatic heterocycles. The van der Waals surface area contributed by atoms with Crippen LogP contribution in [-0.4, -0.2) is 12.0 Å². The first-order valence-electron chi connectivity index (χ1n) is 5.15. The second-order valence-corrected chi connectivity index (χ2v) is 4.05. The molecule has 86 valence electrons. The van der Waals surface area contributed by atoms with Crippen molar-refractivity contribution in [2.24, 2.45) is 11.8 Å². The van der Waals surface area contributed by atoms with Crippen LogP contribution in [0.25, 0.3) is 0 Å². The largest absolute Gasteiger partial charge is 0.391 e. The summed E-state index contributed by atoms with van der Waals surface area (Å²) in [6.07, 6.45) is -1.37. The third-order valence-corrected chi connectivity index (χ3v) is 2.99. The van der Waals surface area contributed by atoms with Crippen molar-refractivity contribution in [1.29, 1.82) is 0 Å². The van der Waals surface area contributed by atoms with E-state index in [-0.39, 0.29) is 31.0 Å². The predicted molar refractivity (Wildman–Crippen MR) is 51.3 cm³/mol. The Hall–Kier alpha value is -0.800. The molecule has 0 unspecified atom stereocenters. The zero-order valence-electron chi connectivity index (χ0n) is 8.52. The summed E-state index contributed by atoms with van der Waals surface area (Å²) in [7, 11) is 0. The fourth-order valence-electron chi connectivity index (χ4n) is 2.05. The maximum absolute atomic E-state index is 12.3. The molecule has 0 aliphatic heterocycles. The summed E-state index contributed by atoms with van der Waals surface area (Å²) in [5.74, 6) is -1.35. The van der Waals surface area contributed by atoms with Gasteiger partial charge in [0.25, 0.3) is 0 Å². The van der Waals surface area contributed by atoms with E-state index in [4.69, 9.17) is 0 Å². The standard InChI is InChI=1S/C11H15F3O/c1-2-3-10(15)8-4-6-9(7-5-8)11(12,13)14/h2,8-9H,1,3-7H2. The summed E-state index contributed by atoms with van der Waals surface area (Å²) in [5.41, 5.74) is 0. The first-order chi connectivity index (χ1) is 6.95. The van der Waals surface area contributed by atoms with Crippen molar-refractivity contribution < 1.29 is 18.0 Å². The monoisotopic (exact) mass is 220 g/mol. The summed E-state index contributed by atoms with van der Waals surface area (Å²) in [5, 5.41) is 0. The Morgan fingerprint density at radius 3 is 2.20 bits per heavy atom. The quantitative estimate of drug-likeness (QED) is 0.665. The number of halogens is 3. The van der Waals surface area contributed by atoms with Gasteiger partial charge in [0.1, 0.15) is 5.78 Å². The second-order valence-electron chi connectivity index (χ2n) is 4.05. The van der Waals surface area contributed by atoms with Crippen LogP contribution in [-0.2, 0) is 4.79 Å². The highest BCUT2D eigenvalue weighted by molar-refractivity contribution is 5.82. The molecule has 0 aromatic carbocycles.